The van der Waals surface area contributed by atoms with Crippen molar-refractivity contribution in [3.05, 3.63) is 53.6 Å². The number of ether oxygens (including phenoxy) is 3. The summed E-state index contributed by atoms with van der Waals surface area (Å²) < 4.78 is 17.0. The molecule has 1 heterocycles. The van der Waals surface area contributed by atoms with Crippen molar-refractivity contribution in [2.75, 3.05) is 26.4 Å². The van der Waals surface area contributed by atoms with E-state index in [1.807, 2.05) is 6.07 Å². The minimum absolute atomic E-state index is 0.000273. The summed E-state index contributed by atoms with van der Waals surface area (Å²) in [4.78, 5) is 23.8. The van der Waals surface area contributed by atoms with Crippen molar-refractivity contribution in [2.24, 2.45) is 0 Å². The standard InChI is InChI=1S/C24H27NO5/c1-17(26)18-4-7-20(8-5-18)30-15-23(27)25-16-24(10-2-3-11-24)19-6-9-21-22(14-19)29-13-12-28-21/h4-9,14H,2-3,10-13,15-16H2,1H3,(H,25,27). The number of carbonyl (C=O) groups is 2. The van der Waals surface area contributed by atoms with E-state index in [0.717, 1.165) is 37.2 Å². The smallest absolute Gasteiger partial charge is 0.257 e. The molecule has 158 valence electrons. The van der Waals surface area contributed by atoms with Gasteiger partial charge < -0.3 is 19.5 Å². The van der Waals surface area contributed by atoms with E-state index >= 15 is 0 Å². The van der Waals surface area contributed by atoms with Crippen molar-refractivity contribution < 1.29 is 23.8 Å². The summed E-state index contributed by atoms with van der Waals surface area (Å²) in [5.74, 6) is 1.98. The van der Waals surface area contributed by atoms with E-state index in [9.17, 15) is 9.59 Å². The van der Waals surface area contributed by atoms with E-state index in [1.54, 1.807) is 24.3 Å². The van der Waals surface area contributed by atoms with E-state index in [1.165, 1.54) is 12.5 Å². The largest absolute Gasteiger partial charge is 0.486 e. The second kappa shape index (κ2) is 8.78. The van der Waals surface area contributed by atoms with Gasteiger partial charge in [0, 0.05) is 17.5 Å². The van der Waals surface area contributed by atoms with Crippen molar-refractivity contribution >= 4 is 11.7 Å². The van der Waals surface area contributed by atoms with Crippen LogP contribution in [0.25, 0.3) is 0 Å². The van der Waals surface area contributed by atoms with Gasteiger partial charge in [-0.05, 0) is 61.7 Å². The summed E-state index contributed by atoms with van der Waals surface area (Å²) >= 11 is 0. The van der Waals surface area contributed by atoms with Gasteiger partial charge in [-0.2, -0.15) is 0 Å². The molecule has 2 aromatic rings. The molecule has 30 heavy (non-hydrogen) atoms. The maximum absolute atomic E-state index is 12.4. The van der Waals surface area contributed by atoms with Crippen LogP contribution in [0.1, 0.15) is 48.5 Å². The van der Waals surface area contributed by atoms with Crippen molar-refractivity contribution in [1.29, 1.82) is 0 Å². The lowest BCUT2D eigenvalue weighted by Crippen LogP contribution is -2.41. The fourth-order valence-corrected chi connectivity index (χ4v) is 4.25. The summed E-state index contributed by atoms with van der Waals surface area (Å²) in [5.41, 5.74) is 1.72. The summed E-state index contributed by atoms with van der Waals surface area (Å²) in [6, 6.07) is 12.9. The third-order valence-corrected chi connectivity index (χ3v) is 5.97. The van der Waals surface area contributed by atoms with Gasteiger partial charge in [-0.3, -0.25) is 9.59 Å². The molecule has 1 aliphatic carbocycles. The molecule has 2 aromatic carbocycles. The zero-order chi connectivity index (χ0) is 21.0. The molecule has 2 aliphatic rings. The zero-order valence-electron chi connectivity index (χ0n) is 17.2. The average Bonchev–Trinajstić information content (AvgIpc) is 3.26. The van der Waals surface area contributed by atoms with Crippen molar-refractivity contribution in [1.82, 2.24) is 5.32 Å². The van der Waals surface area contributed by atoms with Crippen LogP contribution < -0.4 is 19.5 Å². The molecule has 6 nitrogen and oxygen atoms in total. The molecule has 1 fully saturated rings. The summed E-state index contributed by atoms with van der Waals surface area (Å²) in [6.45, 7) is 3.16. The Labute approximate surface area is 176 Å². The first-order valence-corrected chi connectivity index (χ1v) is 10.5. The number of amides is 1. The minimum Gasteiger partial charge on any atom is -0.486 e. The van der Waals surface area contributed by atoms with E-state index in [0.29, 0.717) is 31.1 Å². The number of hydrogen-bond donors (Lipinski definition) is 1. The number of hydrogen-bond acceptors (Lipinski definition) is 5. The van der Waals surface area contributed by atoms with Gasteiger partial charge in [-0.15, -0.1) is 0 Å². The van der Waals surface area contributed by atoms with Gasteiger partial charge in [-0.1, -0.05) is 18.9 Å². The molecule has 4 rings (SSSR count). The number of fused-ring (bicyclic) bond motifs is 1. The highest BCUT2D eigenvalue weighted by atomic mass is 16.6. The van der Waals surface area contributed by atoms with Crippen LogP contribution in [-0.2, 0) is 10.2 Å². The fourth-order valence-electron chi connectivity index (χ4n) is 4.25. The van der Waals surface area contributed by atoms with Gasteiger partial charge in [-0.25, -0.2) is 0 Å². The van der Waals surface area contributed by atoms with E-state index in [4.69, 9.17) is 14.2 Å². The third kappa shape index (κ3) is 4.42. The second-order valence-electron chi connectivity index (χ2n) is 7.99. The Balaban J connectivity index is 1.36. The summed E-state index contributed by atoms with van der Waals surface area (Å²) in [6.07, 6.45) is 4.34. The van der Waals surface area contributed by atoms with Crippen molar-refractivity contribution in [3.63, 3.8) is 0 Å². The maximum atomic E-state index is 12.4. The lowest BCUT2D eigenvalue weighted by molar-refractivity contribution is -0.123. The Hall–Kier alpha value is -3.02. The van der Waals surface area contributed by atoms with Crippen LogP contribution in [-0.4, -0.2) is 38.1 Å². The number of carbonyl (C=O) groups excluding carboxylic acids is 2. The van der Waals surface area contributed by atoms with Gasteiger partial charge in [0.1, 0.15) is 19.0 Å². The molecule has 0 aromatic heterocycles. The van der Waals surface area contributed by atoms with Crippen LogP contribution in [0.4, 0.5) is 0 Å². The molecule has 1 N–H and O–H groups in total. The first kappa shape index (κ1) is 20.3. The molecule has 0 atom stereocenters. The molecule has 0 radical (unpaired) electrons. The number of nitrogens with one attached hydrogen (secondary N) is 1. The first-order valence-electron chi connectivity index (χ1n) is 10.5. The molecule has 0 spiro atoms. The molecule has 1 saturated carbocycles. The molecule has 1 aliphatic heterocycles. The lowest BCUT2D eigenvalue weighted by Gasteiger charge is -2.31. The summed E-state index contributed by atoms with van der Waals surface area (Å²) in [5, 5.41) is 3.05. The fraction of sp³-hybridized carbons (Fsp3) is 0.417. The van der Waals surface area contributed by atoms with Crippen molar-refractivity contribution in [3.8, 4) is 17.2 Å². The number of benzene rings is 2. The van der Waals surface area contributed by atoms with Crippen LogP contribution in [0.3, 0.4) is 0 Å². The van der Waals surface area contributed by atoms with Gasteiger partial charge in [0.05, 0.1) is 0 Å². The van der Waals surface area contributed by atoms with Crippen LogP contribution >= 0.6 is 0 Å². The SMILES string of the molecule is CC(=O)c1ccc(OCC(=O)NCC2(c3ccc4c(c3)OCCO4)CCCC2)cc1. The number of rotatable bonds is 7. The molecular formula is C24H27NO5. The van der Waals surface area contributed by atoms with Crippen LogP contribution in [0.2, 0.25) is 0 Å². The second-order valence-corrected chi connectivity index (χ2v) is 7.99. The molecule has 0 saturated heterocycles. The Morgan fingerprint density at radius 3 is 2.40 bits per heavy atom. The summed E-state index contributed by atoms with van der Waals surface area (Å²) in [7, 11) is 0. The highest BCUT2D eigenvalue weighted by molar-refractivity contribution is 5.94. The van der Waals surface area contributed by atoms with Crippen LogP contribution in [0.5, 0.6) is 17.2 Å². The quantitative estimate of drug-likeness (QED) is 0.707. The van der Waals surface area contributed by atoms with E-state index in [2.05, 4.69) is 17.4 Å². The average molecular weight is 409 g/mol. The molecular weight excluding hydrogens is 382 g/mol. The highest BCUT2D eigenvalue weighted by Crippen LogP contribution is 2.43. The van der Waals surface area contributed by atoms with Gasteiger partial charge in [0.15, 0.2) is 23.9 Å². The van der Waals surface area contributed by atoms with Gasteiger partial charge in [0.2, 0.25) is 0 Å². The minimum atomic E-state index is -0.158. The van der Waals surface area contributed by atoms with E-state index in [-0.39, 0.29) is 23.7 Å². The predicted octanol–water partition coefficient (Wildman–Crippen LogP) is 3.67. The molecule has 6 heteroatoms. The lowest BCUT2D eigenvalue weighted by atomic mass is 9.78. The third-order valence-electron chi connectivity index (χ3n) is 5.97. The Morgan fingerprint density at radius 1 is 1.00 bits per heavy atom. The van der Waals surface area contributed by atoms with Crippen molar-refractivity contribution in [2.45, 2.75) is 38.0 Å². The zero-order valence-corrected chi connectivity index (χ0v) is 17.2. The van der Waals surface area contributed by atoms with Gasteiger partial charge >= 0.3 is 0 Å². The van der Waals surface area contributed by atoms with Crippen LogP contribution in [0.15, 0.2) is 42.5 Å². The normalized spacial score (nSPS) is 16.7. The topological polar surface area (TPSA) is 73.9 Å². The van der Waals surface area contributed by atoms with Gasteiger partial charge in [0.25, 0.3) is 5.91 Å². The number of ketones is 1. The Bertz CT molecular complexity index is 916. The molecule has 1 amide bonds. The number of Topliss-reactive ketones (excluding diaryl/α,β-unsaturated/α-hetero) is 1. The molecule has 0 unspecified atom stereocenters. The monoisotopic (exact) mass is 409 g/mol. The maximum Gasteiger partial charge on any atom is 0.257 e. The van der Waals surface area contributed by atoms with E-state index < -0.39 is 0 Å². The Kier molecular flexibility index (Phi) is 5.93. The highest BCUT2D eigenvalue weighted by Gasteiger charge is 2.36. The first-order chi connectivity index (χ1) is 14.6. The molecule has 0 bridgehead atoms. The van der Waals surface area contributed by atoms with Crippen LogP contribution in [0, 0.1) is 0 Å². The Morgan fingerprint density at radius 2 is 1.70 bits per heavy atom. The predicted molar refractivity (Wildman–Crippen MR) is 113 cm³/mol.